The Balaban J connectivity index is 3.01. The molecule has 0 saturated heterocycles. The van der Waals surface area contributed by atoms with Crippen LogP contribution in [0.1, 0.15) is 32.6 Å². The smallest absolute Gasteiger partial charge is 0.382 e. The topological polar surface area (TPSA) is 9.23 Å². The lowest BCUT2D eigenvalue weighted by molar-refractivity contribution is -0.135. The Morgan fingerprint density at radius 1 is 1.08 bits per heavy atom. The molecule has 0 N–H and O–H groups in total. The van der Waals surface area contributed by atoms with Gasteiger partial charge < -0.3 is 4.74 Å². The van der Waals surface area contributed by atoms with Gasteiger partial charge in [-0.25, -0.2) is 0 Å². The maximum atomic E-state index is 11.6. The van der Waals surface area contributed by atoms with Crippen molar-refractivity contribution >= 4 is 0 Å². The van der Waals surface area contributed by atoms with E-state index in [1.54, 1.807) is 0 Å². The zero-order valence-electron chi connectivity index (χ0n) is 7.28. The molecule has 0 aromatic rings. The Bertz CT molecular complexity index is 101. The van der Waals surface area contributed by atoms with E-state index in [1.807, 2.05) is 6.92 Å². The molecule has 0 rings (SSSR count). The van der Waals surface area contributed by atoms with Crippen molar-refractivity contribution in [2.24, 2.45) is 0 Å². The van der Waals surface area contributed by atoms with Crippen LogP contribution in [-0.4, -0.2) is 19.4 Å². The van der Waals surface area contributed by atoms with Crippen LogP contribution in [0.3, 0.4) is 0 Å². The Hall–Kier alpha value is -0.250. The number of unbranched alkanes of at least 4 members (excludes halogenated alkanes) is 2. The minimum atomic E-state index is -3.99. The van der Waals surface area contributed by atoms with E-state index >= 15 is 0 Å². The van der Waals surface area contributed by atoms with Crippen molar-refractivity contribution in [3.8, 4) is 0 Å². The summed E-state index contributed by atoms with van der Waals surface area (Å²) in [4.78, 5) is 0. The van der Waals surface area contributed by atoms with Gasteiger partial charge in [0.15, 0.2) is 0 Å². The van der Waals surface area contributed by atoms with E-state index in [1.165, 1.54) is 0 Å². The molecule has 0 bridgehead atoms. The average molecular weight is 184 g/mol. The molecular weight excluding hydrogens is 169 g/mol. The number of hydrogen-bond acceptors (Lipinski definition) is 1. The molecule has 4 heteroatoms. The molecule has 0 aromatic heterocycles. The van der Waals surface area contributed by atoms with E-state index in [2.05, 4.69) is 0 Å². The largest absolute Gasteiger partial charge is 0.389 e. The lowest BCUT2D eigenvalue weighted by Gasteiger charge is -2.05. The van der Waals surface area contributed by atoms with E-state index < -0.39 is 12.6 Å². The van der Waals surface area contributed by atoms with Gasteiger partial charge in [0.2, 0.25) is 0 Å². The second kappa shape index (κ2) is 6.29. The highest BCUT2D eigenvalue weighted by Crippen LogP contribution is 2.22. The van der Waals surface area contributed by atoms with Crippen molar-refractivity contribution < 1.29 is 17.9 Å². The predicted octanol–water partition coefficient (Wildman–Crippen LogP) is 3.15. The van der Waals surface area contributed by atoms with Gasteiger partial charge in [0.05, 0.1) is 0 Å². The molecule has 0 aliphatic rings. The third kappa shape index (κ3) is 9.75. The number of alkyl halides is 3. The van der Waals surface area contributed by atoms with Gasteiger partial charge in [-0.2, -0.15) is 13.2 Å². The normalized spacial score (nSPS) is 12.0. The first kappa shape index (κ1) is 11.8. The molecule has 0 spiro atoms. The first-order valence-electron chi connectivity index (χ1n) is 4.20. The Morgan fingerprint density at radius 2 is 1.75 bits per heavy atom. The maximum Gasteiger partial charge on any atom is 0.389 e. The van der Waals surface area contributed by atoms with Crippen molar-refractivity contribution in [1.82, 2.24) is 0 Å². The highest BCUT2D eigenvalue weighted by molar-refractivity contribution is 4.50. The first-order valence-corrected chi connectivity index (χ1v) is 4.20. The third-order valence-electron chi connectivity index (χ3n) is 1.45. The summed E-state index contributed by atoms with van der Waals surface area (Å²) in [7, 11) is 0. The fourth-order valence-electron chi connectivity index (χ4n) is 0.851. The molecule has 0 saturated carbocycles. The molecule has 0 radical (unpaired) electrons. The highest BCUT2D eigenvalue weighted by Gasteiger charge is 2.25. The fourth-order valence-corrected chi connectivity index (χ4v) is 0.851. The van der Waals surface area contributed by atoms with Gasteiger partial charge in [0, 0.05) is 19.6 Å². The number of halogens is 3. The Morgan fingerprint density at radius 3 is 2.25 bits per heavy atom. The molecule has 1 nitrogen and oxygen atoms in total. The molecule has 0 atom stereocenters. The SMILES string of the molecule is CCOCCCCCC(F)(F)F. The van der Waals surface area contributed by atoms with Crippen molar-refractivity contribution in [2.75, 3.05) is 13.2 Å². The summed E-state index contributed by atoms with van der Waals surface area (Å²) in [6.07, 6.45) is -3.12. The maximum absolute atomic E-state index is 11.6. The molecule has 0 fully saturated rings. The van der Waals surface area contributed by atoms with E-state index in [9.17, 15) is 13.2 Å². The molecule has 12 heavy (non-hydrogen) atoms. The average Bonchev–Trinajstić information content (AvgIpc) is 1.94. The summed E-state index contributed by atoms with van der Waals surface area (Å²) in [5, 5.41) is 0. The Kier molecular flexibility index (Phi) is 6.16. The molecule has 0 aliphatic heterocycles. The quantitative estimate of drug-likeness (QED) is 0.576. The van der Waals surface area contributed by atoms with Crippen LogP contribution >= 0.6 is 0 Å². The summed E-state index contributed by atoms with van der Waals surface area (Å²) >= 11 is 0. The van der Waals surface area contributed by atoms with Crippen molar-refractivity contribution in [3.05, 3.63) is 0 Å². The van der Waals surface area contributed by atoms with Gasteiger partial charge in [-0.05, 0) is 19.8 Å². The molecule has 0 unspecified atom stereocenters. The molecule has 0 aliphatic carbocycles. The minimum absolute atomic E-state index is 0.219. The van der Waals surface area contributed by atoms with Crippen LogP contribution in [0.4, 0.5) is 13.2 Å². The van der Waals surface area contributed by atoms with Crippen LogP contribution in [0.25, 0.3) is 0 Å². The second-order valence-corrected chi connectivity index (χ2v) is 2.62. The van der Waals surface area contributed by atoms with Crippen LogP contribution in [0.15, 0.2) is 0 Å². The van der Waals surface area contributed by atoms with Crippen LogP contribution in [0.5, 0.6) is 0 Å². The van der Waals surface area contributed by atoms with Gasteiger partial charge in [0.25, 0.3) is 0 Å². The summed E-state index contributed by atoms with van der Waals surface area (Å²) in [6, 6.07) is 0. The second-order valence-electron chi connectivity index (χ2n) is 2.62. The standard InChI is InChI=1S/C8H15F3O/c1-2-12-7-5-3-4-6-8(9,10)11/h2-7H2,1H3. The van der Waals surface area contributed by atoms with Crippen molar-refractivity contribution in [2.45, 2.75) is 38.8 Å². The van der Waals surface area contributed by atoms with Crippen LogP contribution < -0.4 is 0 Å². The van der Waals surface area contributed by atoms with Crippen molar-refractivity contribution in [3.63, 3.8) is 0 Å². The van der Waals surface area contributed by atoms with Gasteiger partial charge >= 0.3 is 6.18 Å². The minimum Gasteiger partial charge on any atom is -0.382 e. The zero-order valence-corrected chi connectivity index (χ0v) is 7.28. The van der Waals surface area contributed by atoms with Crippen molar-refractivity contribution in [1.29, 1.82) is 0 Å². The zero-order chi connectivity index (χ0) is 9.45. The predicted molar refractivity (Wildman–Crippen MR) is 41.0 cm³/mol. The van der Waals surface area contributed by atoms with Gasteiger partial charge in [-0.3, -0.25) is 0 Å². The summed E-state index contributed by atoms with van der Waals surface area (Å²) in [5.41, 5.74) is 0. The first-order chi connectivity index (χ1) is 5.56. The van der Waals surface area contributed by atoms with Crippen LogP contribution in [-0.2, 0) is 4.74 Å². The lowest BCUT2D eigenvalue weighted by atomic mass is 10.2. The van der Waals surface area contributed by atoms with E-state index in [4.69, 9.17) is 4.74 Å². The number of rotatable bonds is 6. The Labute approximate surface area is 70.9 Å². The monoisotopic (exact) mass is 184 g/mol. The third-order valence-corrected chi connectivity index (χ3v) is 1.45. The van der Waals surface area contributed by atoms with E-state index in [0.29, 0.717) is 19.6 Å². The number of hydrogen-bond donors (Lipinski definition) is 0. The molecule has 0 amide bonds. The fraction of sp³-hybridized carbons (Fsp3) is 1.00. The molecular formula is C8H15F3O. The summed E-state index contributed by atoms with van der Waals surface area (Å²) in [5.74, 6) is 0. The van der Waals surface area contributed by atoms with E-state index in [0.717, 1.165) is 6.42 Å². The van der Waals surface area contributed by atoms with Crippen LogP contribution in [0.2, 0.25) is 0 Å². The molecule has 0 heterocycles. The molecule has 0 aromatic carbocycles. The molecule has 74 valence electrons. The lowest BCUT2D eigenvalue weighted by Crippen LogP contribution is -2.06. The summed E-state index contributed by atoms with van der Waals surface area (Å²) < 4.78 is 39.8. The van der Waals surface area contributed by atoms with Crippen LogP contribution in [0, 0.1) is 0 Å². The summed E-state index contributed by atoms with van der Waals surface area (Å²) in [6.45, 7) is 3.09. The highest BCUT2D eigenvalue weighted by atomic mass is 19.4. The van der Waals surface area contributed by atoms with Gasteiger partial charge in [-0.1, -0.05) is 6.42 Å². The van der Waals surface area contributed by atoms with Gasteiger partial charge in [-0.15, -0.1) is 0 Å². The number of ether oxygens (including phenoxy) is 1. The van der Waals surface area contributed by atoms with Gasteiger partial charge in [0.1, 0.15) is 0 Å². The van der Waals surface area contributed by atoms with E-state index in [-0.39, 0.29) is 6.42 Å².